The van der Waals surface area contributed by atoms with E-state index in [1.54, 1.807) is 0 Å². The van der Waals surface area contributed by atoms with Crippen LogP contribution in [0.25, 0.3) is 5.69 Å². The molecule has 0 amide bonds. The Balaban J connectivity index is 2.04. The van der Waals surface area contributed by atoms with E-state index in [-0.39, 0.29) is 6.04 Å². The number of hydrogen-bond donors (Lipinski definition) is 0. The smallest absolute Gasteiger partial charge is 0.138 e. The normalized spacial score (nSPS) is 15.9. The van der Waals surface area contributed by atoms with E-state index in [4.69, 9.17) is 9.98 Å². The average molecular weight is 423 g/mol. The van der Waals surface area contributed by atoms with Crippen LogP contribution in [0.5, 0.6) is 0 Å². The second-order valence-corrected chi connectivity index (χ2v) is 8.11. The number of rotatable bonds is 4. The molecule has 138 valence electrons. The van der Waals surface area contributed by atoms with Gasteiger partial charge in [-0.15, -0.1) is 0 Å². The Bertz CT molecular complexity index is 989. The summed E-state index contributed by atoms with van der Waals surface area (Å²) in [5.41, 5.74) is 5.26. The molecule has 0 saturated carbocycles. The van der Waals surface area contributed by atoms with Gasteiger partial charge in [-0.05, 0) is 42.7 Å². The molecule has 3 aromatic rings. The van der Waals surface area contributed by atoms with Crippen molar-refractivity contribution in [2.45, 2.75) is 45.6 Å². The van der Waals surface area contributed by atoms with Crippen molar-refractivity contribution >= 4 is 21.6 Å². The lowest BCUT2D eigenvalue weighted by Crippen LogP contribution is -2.10. The van der Waals surface area contributed by atoms with Crippen LogP contribution in [0, 0.1) is 0 Å². The molecule has 0 N–H and O–H groups in total. The van der Waals surface area contributed by atoms with E-state index in [0.29, 0.717) is 5.92 Å². The van der Waals surface area contributed by atoms with Gasteiger partial charge < -0.3 is 0 Å². The lowest BCUT2D eigenvalue weighted by Gasteiger charge is -2.17. The van der Waals surface area contributed by atoms with Crippen LogP contribution in [-0.2, 0) is 0 Å². The summed E-state index contributed by atoms with van der Waals surface area (Å²) in [6.07, 6.45) is 5.84. The van der Waals surface area contributed by atoms with E-state index in [2.05, 4.69) is 64.5 Å². The highest BCUT2D eigenvalue weighted by atomic mass is 79.9. The fourth-order valence-electron chi connectivity index (χ4n) is 3.63. The Hall–Kier alpha value is -2.27. The maximum Gasteiger partial charge on any atom is 0.138 e. The molecule has 4 rings (SSSR count). The Kier molecular flexibility index (Phi) is 4.96. The molecular weight excluding hydrogens is 400 g/mol. The maximum absolute atomic E-state index is 5.18. The summed E-state index contributed by atoms with van der Waals surface area (Å²) in [6, 6.07) is 12.4. The van der Waals surface area contributed by atoms with Crippen LogP contribution in [0.3, 0.4) is 0 Å². The van der Waals surface area contributed by atoms with Crippen LogP contribution in [0.4, 0.5) is 0 Å². The van der Waals surface area contributed by atoms with E-state index in [0.717, 1.165) is 45.8 Å². The summed E-state index contributed by atoms with van der Waals surface area (Å²) < 4.78 is 3.35. The quantitative estimate of drug-likeness (QED) is 0.529. The Morgan fingerprint density at radius 2 is 2.00 bits per heavy atom. The van der Waals surface area contributed by atoms with Gasteiger partial charge in [0.15, 0.2) is 0 Å². The van der Waals surface area contributed by atoms with Gasteiger partial charge in [0.2, 0.25) is 0 Å². The van der Waals surface area contributed by atoms with Crippen molar-refractivity contribution in [1.82, 2.24) is 14.5 Å². The Morgan fingerprint density at radius 1 is 1.15 bits per heavy atom. The first-order valence-electron chi connectivity index (χ1n) is 9.47. The SMILES string of the molecule is CCC[C@@H]1N=C(c2ccccn2)c2cc(Br)ccc2-n2c(C(C)C)cnc21. The summed E-state index contributed by atoms with van der Waals surface area (Å²) in [5.74, 6) is 1.40. The third-order valence-electron chi connectivity index (χ3n) is 4.92. The molecule has 1 aliphatic heterocycles. The summed E-state index contributed by atoms with van der Waals surface area (Å²) in [7, 11) is 0. The molecule has 1 aliphatic rings. The molecule has 1 aromatic carbocycles. The molecule has 0 fully saturated rings. The molecule has 0 unspecified atom stereocenters. The summed E-state index contributed by atoms with van der Waals surface area (Å²) in [4.78, 5) is 14.6. The largest absolute Gasteiger partial charge is 0.298 e. The number of pyridine rings is 1. The number of aromatic nitrogens is 3. The molecule has 0 radical (unpaired) electrons. The molecule has 3 heterocycles. The number of fused-ring (bicyclic) bond motifs is 3. The lowest BCUT2D eigenvalue weighted by molar-refractivity contribution is 0.593. The van der Waals surface area contributed by atoms with E-state index in [1.807, 2.05) is 30.6 Å². The first kappa shape index (κ1) is 18.1. The van der Waals surface area contributed by atoms with Crippen LogP contribution >= 0.6 is 15.9 Å². The second kappa shape index (κ2) is 7.39. The Morgan fingerprint density at radius 3 is 2.70 bits per heavy atom. The van der Waals surface area contributed by atoms with E-state index >= 15 is 0 Å². The molecule has 0 spiro atoms. The minimum absolute atomic E-state index is 0.0191. The topological polar surface area (TPSA) is 43.1 Å². The molecule has 27 heavy (non-hydrogen) atoms. The molecule has 0 saturated heterocycles. The van der Waals surface area contributed by atoms with Crippen LogP contribution in [0.15, 0.2) is 58.3 Å². The van der Waals surface area contributed by atoms with E-state index < -0.39 is 0 Å². The summed E-state index contributed by atoms with van der Waals surface area (Å²) in [5, 5.41) is 0. The minimum atomic E-state index is 0.0191. The zero-order valence-corrected chi connectivity index (χ0v) is 17.4. The first-order valence-corrected chi connectivity index (χ1v) is 10.3. The highest BCUT2D eigenvalue weighted by Gasteiger charge is 2.28. The zero-order chi connectivity index (χ0) is 19.0. The van der Waals surface area contributed by atoms with Crippen molar-refractivity contribution in [2.75, 3.05) is 0 Å². The predicted molar refractivity (Wildman–Crippen MR) is 113 cm³/mol. The van der Waals surface area contributed by atoms with Crippen molar-refractivity contribution in [3.05, 3.63) is 76.0 Å². The average Bonchev–Trinajstić information content (AvgIpc) is 3.06. The lowest BCUT2D eigenvalue weighted by atomic mass is 10.0. The van der Waals surface area contributed by atoms with Gasteiger partial charge in [-0.1, -0.05) is 49.2 Å². The van der Waals surface area contributed by atoms with Crippen molar-refractivity contribution in [1.29, 1.82) is 0 Å². The van der Waals surface area contributed by atoms with Crippen LogP contribution in [0.1, 0.15) is 68.3 Å². The number of imidazole rings is 1. The third kappa shape index (κ3) is 3.25. The first-order chi connectivity index (χ1) is 13.1. The van der Waals surface area contributed by atoms with E-state index in [1.165, 1.54) is 5.69 Å². The third-order valence-corrected chi connectivity index (χ3v) is 5.41. The monoisotopic (exact) mass is 422 g/mol. The molecular formula is C22H23BrN4. The molecule has 5 heteroatoms. The molecule has 0 bridgehead atoms. The predicted octanol–water partition coefficient (Wildman–Crippen LogP) is 5.85. The molecule has 0 aliphatic carbocycles. The second-order valence-electron chi connectivity index (χ2n) is 7.19. The van der Waals surface area contributed by atoms with Crippen LogP contribution in [0.2, 0.25) is 0 Å². The number of nitrogens with zero attached hydrogens (tertiary/aromatic N) is 4. The fourth-order valence-corrected chi connectivity index (χ4v) is 4.00. The van der Waals surface area contributed by atoms with Gasteiger partial charge in [0.05, 0.1) is 17.1 Å². The molecule has 4 nitrogen and oxygen atoms in total. The van der Waals surface area contributed by atoms with Crippen molar-refractivity contribution in [3.63, 3.8) is 0 Å². The zero-order valence-electron chi connectivity index (χ0n) is 15.9. The van der Waals surface area contributed by atoms with Gasteiger partial charge in [0.1, 0.15) is 11.9 Å². The van der Waals surface area contributed by atoms with Crippen LogP contribution in [-0.4, -0.2) is 20.2 Å². The molecule has 2 aromatic heterocycles. The minimum Gasteiger partial charge on any atom is -0.298 e. The molecule has 1 atom stereocenters. The standard InChI is InChI=1S/C22H23BrN4/c1-4-7-18-22-25-13-20(14(2)3)27(22)19-10-9-15(23)12-16(19)21(26-18)17-8-5-6-11-24-17/h5-6,8-14,18H,4,7H2,1-3H3/t18-/m0/s1. The van der Waals surface area contributed by atoms with Crippen LogP contribution < -0.4 is 0 Å². The summed E-state index contributed by atoms with van der Waals surface area (Å²) in [6.45, 7) is 6.62. The highest BCUT2D eigenvalue weighted by molar-refractivity contribution is 9.10. The highest BCUT2D eigenvalue weighted by Crippen LogP contribution is 2.36. The van der Waals surface area contributed by atoms with Gasteiger partial charge in [-0.25, -0.2) is 4.98 Å². The number of halogens is 1. The number of aliphatic imine (C=N–C) groups is 1. The summed E-state index contributed by atoms with van der Waals surface area (Å²) >= 11 is 3.64. The van der Waals surface area contributed by atoms with Gasteiger partial charge >= 0.3 is 0 Å². The van der Waals surface area contributed by atoms with Crippen molar-refractivity contribution < 1.29 is 0 Å². The van der Waals surface area contributed by atoms with E-state index in [9.17, 15) is 0 Å². The van der Waals surface area contributed by atoms with Gasteiger partial charge in [-0.2, -0.15) is 0 Å². The number of hydrogen-bond acceptors (Lipinski definition) is 3. The van der Waals surface area contributed by atoms with Gasteiger partial charge in [0, 0.05) is 28.1 Å². The van der Waals surface area contributed by atoms with Crippen molar-refractivity contribution in [2.24, 2.45) is 4.99 Å². The van der Waals surface area contributed by atoms with Crippen molar-refractivity contribution in [3.8, 4) is 5.69 Å². The maximum atomic E-state index is 5.18. The van der Waals surface area contributed by atoms with Gasteiger partial charge in [-0.3, -0.25) is 14.5 Å². The fraction of sp³-hybridized carbons (Fsp3) is 0.318. The van der Waals surface area contributed by atoms with Gasteiger partial charge in [0.25, 0.3) is 0 Å². The Labute approximate surface area is 168 Å². The number of benzene rings is 1.